The number of carboxylic acids is 2. The Hall–Kier alpha value is -2.48. The molecule has 8 heteroatoms. The molecule has 0 aliphatic rings. The molecular formula is C12H14N4O4-2. The average Bonchev–Trinajstić information content (AvgIpc) is 2.41. The highest BCUT2D eigenvalue weighted by Gasteiger charge is 2.36. The number of carboxylic acid groups (broad SMARTS) is 2. The number of azo groups is 1. The van der Waals surface area contributed by atoms with Gasteiger partial charge in [-0.15, -0.1) is 0 Å². The quantitative estimate of drug-likeness (QED) is 0.522. The summed E-state index contributed by atoms with van der Waals surface area (Å²) in [5.41, 5.74) is -4.58. The van der Waals surface area contributed by atoms with Crippen molar-refractivity contribution in [3.05, 3.63) is 0 Å². The third-order valence-electron chi connectivity index (χ3n) is 2.66. The Morgan fingerprint density at radius 3 is 1.40 bits per heavy atom. The van der Waals surface area contributed by atoms with Gasteiger partial charge < -0.3 is 19.8 Å². The lowest BCUT2D eigenvalue weighted by Gasteiger charge is -2.25. The zero-order valence-electron chi connectivity index (χ0n) is 11.3. The molecule has 0 aromatic rings. The molecule has 0 saturated heterocycles. The second-order valence-corrected chi connectivity index (χ2v) is 4.22. The van der Waals surface area contributed by atoms with Crippen molar-refractivity contribution in [2.75, 3.05) is 0 Å². The molecule has 0 saturated carbocycles. The van der Waals surface area contributed by atoms with Gasteiger partial charge in [0.15, 0.2) is 0 Å². The predicted molar refractivity (Wildman–Crippen MR) is 61.4 cm³/mol. The monoisotopic (exact) mass is 278 g/mol. The van der Waals surface area contributed by atoms with Crippen LogP contribution in [0.2, 0.25) is 0 Å². The van der Waals surface area contributed by atoms with E-state index in [1.807, 2.05) is 0 Å². The molecule has 20 heavy (non-hydrogen) atoms. The van der Waals surface area contributed by atoms with Crippen molar-refractivity contribution in [2.24, 2.45) is 10.2 Å². The number of hydrogen-bond acceptors (Lipinski definition) is 8. The number of carbonyl (C=O) groups is 2. The standard InChI is InChI=1S/C12H16N4O4/c1-3-5-11(7-13,9(17)18)15-16-12(8-14,6-4-2)10(19)20/h3-6H2,1-2H3,(H,17,18)(H,19,20)/p-2. The van der Waals surface area contributed by atoms with Crippen molar-refractivity contribution >= 4 is 11.9 Å². The van der Waals surface area contributed by atoms with Gasteiger partial charge in [0.05, 0.1) is 11.9 Å². The summed E-state index contributed by atoms with van der Waals surface area (Å²) in [6.45, 7) is 3.24. The molecule has 0 N–H and O–H groups in total. The van der Waals surface area contributed by atoms with Gasteiger partial charge in [-0.3, -0.25) is 0 Å². The third-order valence-corrected chi connectivity index (χ3v) is 2.66. The van der Waals surface area contributed by atoms with Gasteiger partial charge in [-0.25, -0.2) is 0 Å². The smallest absolute Gasteiger partial charge is 0.206 e. The summed E-state index contributed by atoms with van der Waals surface area (Å²) in [6, 6.07) is 2.90. The van der Waals surface area contributed by atoms with Gasteiger partial charge >= 0.3 is 0 Å². The normalized spacial score (nSPS) is 16.6. The van der Waals surface area contributed by atoms with Crippen molar-refractivity contribution in [3.8, 4) is 12.1 Å². The summed E-state index contributed by atoms with van der Waals surface area (Å²) >= 11 is 0. The molecule has 8 nitrogen and oxygen atoms in total. The van der Waals surface area contributed by atoms with Gasteiger partial charge in [0.25, 0.3) is 0 Å². The first-order valence-electron chi connectivity index (χ1n) is 6.03. The van der Waals surface area contributed by atoms with Crippen molar-refractivity contribution in [2.45, 2.75) is 50.6 Å². The predicted octanol–water partition coefficient (Wildman–Crippen LogP) is -0.937. The molecule has 0 aromatic carbocycles. The first kappa shape index (κ1) is 17.5. The van der Waals surface area contributed by atoms with E-state index < -0.39 is 23.0 Å². The van der Waals surface area contributed by atoms with Crippen LogP contribution in [-0.2, 0) is 9.59 Å². The minimum atomic E-state index is -2.29. The molecule has 0 amide bonds. The maximum Gasteiger partial charge on any atom is 0.206 e. The number of nitriles is 2. The largest absolute Gasteiger partial charge is 0.546 e. The van der Waals surface area contributed by atoms with E-state index in [4.69, 9.17) is 10.5 Å². The minimum absolute atomic E-state index is 0.198. The Kier molecular flexibility index (Phi) is 6.30. The van der Waals surface area contributed by atoms with E-state index in [-0.39, 0.29) is 12.8 Å². The van der Waals surface area contributed by atoms with Crippen molar-refractivity contribution in [3.63, 3.8) is 0 Å². The Balaban J connectivity index is 5.71. The summed E-state index contributed by atoms with van der Waals surface area (Å²) in [6.07, 6.45) is 0.185. The highest BCUT2D eigenvalue weighted by molar-refractivity contribution is 5.82. The molecule has 2 atom stereocenters. The zero-order chi connectivity index (χ0) is 15.8. The van der Waals surface area contributed by atoms with Crippen LogP contribution in [0.3, 0.4) is 0 Å². The summed E-state index contributed by atoms with van der Waals surface area (Å²) < 4.78 is 0. The molecule has 2 unspecified atom stereocenters. The molecule has 0 aromatic heterocycles. The second-order valence-electron chi connectivity index (χ2n) is 4.22. The van der Waals surface area contributed by atoms with Gasteiger partial charge in [0.1, 0.15) is 12.1 Å². The molecule has 0 radical (unpaired) electrons. The van der Waals surface area contributed by atoms with E-state index in [1.54, 1.807) is 13.8 Å². The van der Waals surface area contributed by atoms with Gasteiger partial charge in [0, 0.05) is 0 Å². The molecule has 0 rings (SSSR count). The summed E-state index contributed by atoms with van der Waals surface area (Å²) in [5.74, 6) is -3.57. The number of rotatable bonds is 8. The van der Waals surface area contributed by atoms with Crippen LogP contribution in [0.25, 0.3) is 0 Å². The summed E-state index contributed by atoms with van der Waals surface area (Å²) in [7, 11) is 0. The molecule has 0 fully saturated rings. The van der Waals surface area contributed by atoms with E-state index in [0.29, 0.717) is 12.8 Å². The molecule has 0 spiro atoms. The first-order chi connectivity index (χ1) is 9.34. The van der Waals surface area contributed by atoms with Gasteiger partial charge in [-0.2, -0.15) is 20.8 Å². The highest BCUT2D eigenvalue weighted by atomic mass is 16.4. The lowest BCUT2D eigenvalue weighted by Crippen LogP contribution is -2.48. The first-order valence-corrected chi connectivity index (χ1v) is 6.03. The van der Waals surface area contributed by atoms with Crippen molar-refractivity contribution < 1.29 is 19.8 Å². The van der Waals surface area contributed by atoms with Crippen LogP contribution in [0.15, 0.2) is 10.2 Å². The second kappa shape index (κ2) is 7.19. The lowest BCUT2D eigenvalue weighted by atomic mass is 9.95. The van der Waals surface area contributed by atoms with E-state index >= 15 is 0 Å². The Morgan fingerprint density at radius 1 is 0.950 bits per heavy atom. The molecule has 0 aliphatic carbocycles. The molecular weight excluding hydrogens is 264 g/mol. The summed E-state index contributed by atoms with van der Waals surface area (Å²) in [4.78, 5) is 22.1. The number of nitrogens with zero attached hydrogens (tertiary/aromatic N) is 4. The summed E-state index contributed by atoms with van der Waals surface area (Å²) in [5, 5.41) is 46.6. The van der Waals surface area contributed by atoms with Crippen LogP contribution in [-0.4, -0.2) is 23.0 Å². The number of hydrogen-bond donors (Lipinski definition) is 0. The fraction of sp³-hybridized carbons (Fsp3) is 0.667. The molecule has 0 bridgehead atoms. The third kappa shape index (κ3) is 3.51. The molecule has 0 heterocycles. The minimum Gasteiger partial charge on any atom is -0.546 e. The van der Waals surface area contributed by atoms with Crippen molar-refractivity contribution in [1.29, 1.82) is 10.5 Å². The van der Waals surface area contributed by atoms with Crippen LogP contribution < -0.4 is 10.2 Å². The maximum absolute atomic E-state index is 11.0. The highest BCUT2D eigenvalue weighted by Crippen LogP contribution is 2.23. The zero-order valence-corrected chi connectivity index (χ0v) is 11.3. The fourth-order valence-electron chi connectivity index (χ4n) is 1.53. The van der Waals surface area contributed by atoms with Crippen molar-refractivity contribution in [1.82, 2.24) is 0 Å². The lowest BCUT2D eigenvalue weighted by molar-refractivity contribution is -0.313. The van der Waals surface area contributed by atoms with Crippen LogP contribution in [0.1, 0.15) is 39.5 Å². The van der Waals surface area contributed by atoms with E-state index in [2.05, 4.69) is 10.2 Å². The Morgan fingerprint density at radius 2 is 1.25 bits per heavy atom. The van der Waals surface area contributed by atoms with Gasteiger partial charge in [-0.1, -0.05) is 26.7 Å². The van der Waals surface area contributed by atoms with Crippen LogP contribution in [0, 0.1) is 22.7 Å². The number of aliphatic carboxylic acids is 2. The van der Waals surface area contributed by atoms with Gasteiger partial charge in [0.2, 0.25) is 11.1 Å². The average molecular weight is 278 g/mol. The SMILES string of the molecule is CCCC(C#N)(N=NC(C#N)(CCC)C(=O)[O-])C(=O)[O-]. The van der Waals surface area contributed by atoms with E-state index in [9.17, 15) is 19.8 Å². The molecule has 0 aliphatic heterocycles. The van der Waals surface area contributed by atoms with Crippen LogP contribution >= 0.6 is 0 Å². The fourth-order valence-corrected chi connectivity index (χ4v) is 1.53. The number of carbonyl (C=O) groups excluding carboxylic acids is 2. The topological polar surface area (TPSA) is 153 Å². The molecule has 108 valence electrons. The Bertz CT molecular complexity index is 447. The maximum atomic E-state index is 11.0. The van der Waals surface area contributed by atoms with E-state index in [1.165, 1.54) is 12.1 Å². The van der Waals surface area contributed by atoms with E-state index in [0.717, 1.165) is 0 Å². The van der Waals surface area contributed by atoms with Gasteiger partial charge in [-0.05, 0) is 12.8 Å². The van der Waals surface area contributed by atoms with Crippen LogP contribution in [0.5, 0.6) is 0 Å². The Labute approximate surface area is 116 Å². The van der Waals surface area contributed by atoms with Crippen LogP contribution in [0.4, 0.5) is 0 Å².